The molecule has 0 saturated heterocycles. The third kappa shape index (κ3) is 6.71. The molecule has 0 atom stereocenters. The summed E-state index contributed by atoms with van der Waals surface area (Å²) in [5.74, 6) is -0.236. The summed E-state index contributed by atoms with van der Waals surface area (Å²) in [6, 6.07) is 14.1. The van der Waals surface area contributed by atoms with Crippen LogP contribution in [0.25, 0.3) is 0 Å². The molecule has 0 saturated carbocycles. The lowest BCUT2D eigenvalue weighted by Crippen LogP contribution is -2.46. The summed E-state index contributed by atoms with van der Waals surface area (Å²) in [7, 11) is 1.55. The Kier molecular flexibility index (Phi) is 7.58. The number of methoxy groups -OCH3 is 1. The highest BCUT2D eigenvalue weighted by molar-refractivity contribution is 6.02. The number of hydrogen-bond acceptors (Lipinski definition) is 5. The van der Waals surface area contributed by atoms with E-state index in [2.05, 4.69) is 5.32 Å². The minimum atomic E-state index is -0.665. The zero-order valence-electron chi connectivity index (χ0n) is 19.6. The Morgan fingerprint density at radius 1 is 1.09 bits per heavy atom. The van der Waals surface area contributed by atoms with Crippen LogP contribution in [0.3, 0.4) is 0 Å². The minimum Gasteiger partial charge on any atom is -0.497 e. The smallest absolute Gasteiger partial charge is 0.326 e. The van der Waals surface area contributed by atoms with Gasteiger partial charge in [-0.05, 0) is 57.4 Å². The van der Waals surface area contributed by atoms with Crippen LogP contribution < -0.4 is 15.0 Å². The van der Waals surface area contributed by atoms with Gasteiger partial charge in [0.05, 0.1) is 7.11 Å². The van der Waals surface area contributed by atoms with Gasteiger partial charge in [0.1, 0.15) is 24.4 Å². The number of fused-ring (bicyclic) bond motifs is 1. The zero-order chi connectivity index (χ0) is 24.0. The van der Waals surface area contributed by atoms with Gasteiger partial charge >= 0.3 is 12.0 Å². The highest BCUT2D eigenvalue weighted by atomic mass is 16.6. The number of rotatable bonds is 4. The molecular weight excluding hydrogens is 422 g/mol. The molecule has 176 valence electrons. The zero-order valence-corrected chi connectivity index (χ0v) is 19.6. The molecule has 1 heterocycles. The van der Waals surface area contributed by atoms with E-state index < -0.39 is 11.6 Å². The maximum absolute atomic E-state index is 13.3. The number of aryl methyl sites for hydroxylation is 1. The van der Waals surface area contributed by atoms with E-state index in [1.807, 2.05) is 24.3 Å². The number of amides is 3. The van der Waals surface area contributed by atoms with Gasteiger partial charge in [0.15, 0.2) is 0 Å². The standard InChI is InChI=1S/C25H31N3O5/c1-25(2,3)33-23(30)17-28-21-13-6-5-9-18(21)10-8-14-27(16-22(28)29)24(31)26-19-11-7-12-20(15-19)32-4/h5-7,9,11-13,15H,8,10,14,16-17H2,1-4H3,(H,26,31). The Morgan fingerprint density at radius 2 is 1.85 bits per heavy atom. The number of nitrogens with zero attached hydrogens (tertiary/aromatic N) is 2. The van der Waals surface area contributed by atoms with Crippen molar-refractivity contribution < 1.29 is 23.9 Å². The van der Waals surface area contributed by atoms with E-state index in [9.17, 15) is 14.4 Å². The van der Waals surface area contributed by atoms with Gasteiger partial charge in [0.25, 0.3) is 0 Å². The number of urea groups is 1. The Bertz CT molecular complexity index is 1020. The third-order valence-corrected chi connectivity index (χ3v) is 5.10. The normalized spacial score (nSPS) is 14.5. The molecule has 33 heavy (non-hydrogen) atoms. The lowest BCUT2D eigenvalue weighted by Gasteiger charge is -2.28. The maximum Gasteiger partial charge on any atom is 0.326 e. The molecule has 1 aliphatic heterocycles. The van der Waals surface area contributed by atoms with Crippen molar-refractivity contribution in [3.8, 4) is 5.75 Å². The van der Waals surface area contributed by atoms with Crippen LogP contribution in [0.15, 0.2) is 48.5 Å². The summed E-state index contributed by atoms with van der Waals surface area (Å²) in [5.41, 5.74) is 1.52. The van der Waals surface area contributed by atoms with E-state index in [1.54, 1.807) is 52.1 Å². The molecule has 0 aliphatic carbocycles. The molecule has 1 aliphatic rings. The fraction of sp³-hybridized carbons (Fsp3) is 0.400. The van der Waals surface area contributed by atoms with Gasteiger partial charge in [-0.1, -0.05) is 24.3 Å². The van der Waals surface area contributed by atoms with Crippen molar-refractivity contribution >= 4 is 29.3 Å². The Hall–Kier alpha value is -3.55. The first-order chi connectivity index (χ1) is 15.7. The number of carbonyl (C=O) groups is 3. The van der Waals surface area contributed by atoms with E-state index in [4.69, 9.17) is 9.47 Å². The number of nitrogens with one attached hydrogen (secondary N) is 1. The van der Waals surface area contributed by atoms with Crippen LogP contribution in [0.4, 0.5) is 16.2 Å². The number of esters is 1. The SMILES string of the molecule is COc1cccc(NC(=O)N2CCCc3ccccc3N(CC(=O)OC(C)(C)C)C(=O)C2)c1. The second-order valence-electron chi connectivity index (χ2n) is 8.88. The van der Waals surface area contributed by atoms with Gasteiger partial charge in [-0.15, -0.1) is 0 Å². The molecule has 1 N–H and O–H groups in total. The number of para-hydroxylation sites is 1. The second kappa shape index (κ2) is 10.4. The highest BCUT2D eigenvalue weighted by Gasteiger charge is 2.29. The van der Waals surface area contributed by atoms with Gasteiger partial charge in [-0.2, -0.15) is 0 Å². The van der Waals surface area contributed by atoms with Crippen LogP contribution in [-0.2, 0) is 20.7 Å². The van der Waals surface area contributed by atoms with E-state index in [0.29, 0.717) is 36.5 Å². The van der Waals surface area contributed by atoms with E-state index >= 15 is 0 Å². The second-order valence-corrected chi connectivity index (χ2v) is 8.88. The summed E-state index contributed by atoms with van der Waals surface area (Å²) in [6.07, 6.45) is 1.34. The van der Waals surface area contributed by atoms with Gasteiger partial charge in [-0.3, -0.25) is 14.5 Å². The molecule has 2 aromatic rings. The quantitative estimate of drug-likeness (QED) is 0.711. The van der Waals surface area contributed by atoms with Crippen LogP contribution in [-0.4, -0.2) is 55.2 Å². The van der Waals surface area contributed by atoms with Crippen molar-refractivity contribution in [2.75, 3.05) is 37.0 Å². The van der Waals surface area contributed by atoms with Crippen LogP contribution in [0.1, 0.15) is 32.8 Å². The monoisotopic (exact) mass is 453 g/mol. The number of anilines is 2. The van der Waals surface area contributed by atoms with E-state index in [-0.39, 0.29) is 25.0 Å². The van der Waals surface area contributed by atoms with Crippen LogP contribution in [0.5, 0.6) is 5.75 Å². The Balaban J connectivity index is 1.81. The third-order valence-electron chi connectivity index (χ3n) is 5.10. The predicted octanol–water partition coefficient (Wildman–Crippen LogP) is 3.85. The number of hydrogen-bond donors (Lipinski definition) is 1. The molecule has 0 radical (unpaired) electrons. The van der Waals surface area contributed by atoms with Gasteiger partial charge in [-0.25, -0.2) is 4.79 Å². The molecule has 3 amide bonds. The molecule has 0 unspecified atom stereocenters. The average molecular weight is 454 g/mol. The van der Waals surface area contributed by atoms with Gasteiger partial charge < -0.3 is 19.7 Å². The number of carbonyl (C=O) groups excluding carboxylic acids is 3. The van der Waals surface area contributed by atoms with E-state index in [0.717, 1.165) is 5.56 Å². The van der Waals surface area contributed by atoms with Gasteiger partial charge in [0.2, 0.25) is 5.91 Å². The van der Waals surface area contributed by atoms with Gasteiger partial charge in [0, 0.05) is 24.0 Å². The van der Waals surface area contributed by atoms with Crippen molar-refractivity contribution in [1.29, 1.82) is 0 Å². The molecule has 0 bridgehead atoms. The van der Waals surface area contributed by atoms with Crippen molar-refractivity contribution in [2.45, 2.75) is 39.2 Å². The Labute approximate surface area is 194 Å². The fourth-order valence-corrected chi connectivity index (χ4v) is 3.66. The highest BCUT2D eigenvalue weighted by Crippen LogP contribution is 2.25. The average Bonchev–Trinajstić information content (AvgIpc) is 2.81. The molecule has 2 aromatic carbocycles. The maximum atomic E-state index is 13.3. The van der Waals surface area contributed by atoms with E-state index in [1.165, 1.54) is 9.80 Å². The molecule has 0 fully saturated rings. The van der Waals surface area contributed by atoms with Crippen molar-refractivity contribution in [1.82, 2.24) is 4.90 Å². The number of benzene rings is 2. The molecular formula is C25H31N3O5. The molecule has 3 rings (SSSR count). The molecule has 0 aromatic heterocycles. The van der Waals surface area contributed by atoms with Crippen molar-refractivity contribution in [2.24, 2.45) is 0 Å². The summed E-state index contributed by atoms with van der Waals surface area (Å²) in [4.78, 5) is 41.8. The fourth-order valence-electron chi connectivity index (χ4n) is 3.66. The summed E-state index contributed by atoms with van der Waals surface area (Å²) in [5, 5.41) is 2.83. The molecule has 8 nitrogen and oxygen atoms in total. The first kappa shape index (κ1) is 24.1. The first-order valence-electron chi connectivity index (χ1n) is 11.0. The number of ether oxygens (including phenoxy) is 2. The topological polar surface area (TPSA) is 88.2 Å². The Morgan fingerprint density at radius 3 is 2.58 bits per heavy atom. The molecule has 0 spiro atoms. The summed E-state index contributed by atoms with van der Waals surface area (Å²) >= 11 is 0. The van der Waals surface area contributed by atoms with Crippen LogP contribution >= 0.6 is 0 Å². The lowest BCUT2D eigenvalue weighted by molar-refractivity contribution is -0.153. The molecule has 8 heteroatoms. The first-order valence-corrected chi connectivity index (χ1v) is 11.0. The van der Waals surface area contributed by atoms with Crippen LogP contribution in [0, 0.1) is 0 Å². The largest absolute Gasteiger partial charge is 0.497 e. The lowest BCUT2D eigenvalue weighted by atomic mass is 10.1. The summed E-state index contributed by atoms with van der Waals surface area (Å²) in [6.45, 7) is 5.36. The summed E-state index contributed by atoms with van der Waals surface area (Å²) < 4.78 is 10.6. The van der Waals surface area contributed by atoms with Crippen LogP contribution in [0.2, 0.25) is 0 Å². The van der Waals surface area contributed by atoms with Crippen molar-refractivity contribution in [3.63, 3.8) is 0 Å². The van der Waals surface area contributed by atoms with Crippen molar-refractivity contribution in [3.05, 3.63) is 54.1 Å². The minimum absolute atomic E-state index is 0.160. The predicted molar refractivity (Wildman–Crippen MR) is 127 cm³/mol.